The zero-order chi connectivity index (χ0) is 16.4. The van der Waals surface area contributed by atoms with E-state index >= 15 is 0 Å². The van der Waals surface area contributed by atoms with Crippen LogP contribution in [0.15, 0.2) is 24.3 Å². The molecule has 0 bridgehead atoms. The highest BCUT2D eigenvalue weighted by Crippen LogP contribution is 2.21. The van der Waals surface area contributed by atoms with E-state index in [2.05, 4.69) is 15.2 Å². The molecule has 2 aromatic rings. The van der Waals surface area contributed by atoms with Gasteiger partial charge in [0.2, 0.25) is 0 Å². The molecule has 1 N–H and O–H groups in total. The Bertz CT molecular complexity index is 700. The third-order valence-corrected chi connectivity index (χ3v) is 3.52. The van der Waals surface area contributed by atoms with Crippen LogP contribution in [0.5, 0.6) is 0 Å². The predicted molar refractivity (Wildman–Crippen MR) is 78.2 cm³/mol. The Morgan fingerprint density at radius 1 is 1.35 bits per heavy atom. The van der Waals surface area contributed by atoms with Gasteiger partial charge in [-0.05, 0) is 19.1 Å². The fourth-order valence-corrected chi connectivity index (χ4v) is 2.39. The molecule has 1 aromatic heterocycles. The summed E-state index contributed by atoms with van der Waals surface area (Å²) in [5, 5.41) is 6.77. The molecule has 23 heavy (non-hydrogen) atoms. The van der Waals surface area contributed by atoms with Gasteiger partial charge in [-0.3, -0.25) is 9.89 Å². The number of halogens is 2. The lowest BCUT2D eigenvalue weighted by Crippen LogP contribution is -2.41. The van der Waals surface area contributed by atoms with E-state index in [-0.39, 0.29) is 13.2 Å². The van der Waals surface area contributed by atoms with Crippen LogP contribution in [0, 0.1) is 6.92 Å². The quantitative estimate of drug-likeness (QED) is 0.916. The zero-order valence-electron chi connectivity index (χ0n) is 12.6. The first kappa shape index (κ1) is 15.5. The molecule has 122 valence electrons. The van der Waals surface area contributed by atoms with Gasteiger partial charge in [-0.2, -0.15) is 5.10 Å². The van der Waals surface area contributed by atoms with Crippen molar-refractivity contribution < 1.29 is 18.3 Å². The molecule has 1 amide bonds. The van der Waals surface area contributed by atoms with Gasteiger partial charge < -0.3 is 9.64 Å². The van der Waals surface area contributed by atoms with Crippen LogP contribution in [0.2, 0.25) is 0 Å². The molecule has 3 rings (SSSR count). The van der Waals surface area contributed by atoms with Crippen molar-refractivity contribution in [2.24, 2.45) is 0 Å². The summed E-state index contributed by atoms with van der Waals surface area (Å²) >= 11 is 0. The van der Waals surface area contributed by atoms with Crippen molar-refractivity contribution in [2.45, 2.75) is 12.8 Å². The summed E-state index contributed by atoms with van der Waals surface area (Å²) in [4.78, 5) is 17.7. The average Bonchev–Trinajstić information content (AvgIpc) is 2.87. The molecule has 0 atom stereocenters. The molecule has 0 aliphatic carbocycles. The van der Waals surface area contributed by atoms with Crippen LogP contribution in [0.1, 0.15) is 16.2 Å². The van der Waals surface area contributed by atoms with Crippen molar-refractivity contribution in [1.29, 1.82) is 0 Å². The maximum Gasteiger partial charge on any atom is 0.288 e. The summed E-state index contributed by atoms with van der Waals surface area (Å²) in [5.74, 6) is -2.25. The molecule has 1 fully saturated rings. The molecule has 0 saturated carbocycles. The molecule has 0 unspecified atom stereocenters. The molecule has 6 nitrogen and oxygen atoms in total. The van der Waals surface area contributed by atoms with E-state index in [1.165, 1.54) is 0 Å². The first-order valence-electron chi connectivity index (χ1n) is 7.19. The molecule has 1 aliphatic heterocycles. The van der Waals surface area contributed by atoms with Crippen LogP contribution in [0.4, 0.5) is 8.78 Å². The minimum atomic E-state index is -3.03. The van der Waals surface area contributed by atoms with Gasteiger partial charge in [0, 0.05) is 17.7 Å². The normalized spacial score (nSPS) is 17.8. The van der Waals surface area contributed by atoms with E-state index in [9.17, 15) is 13.6 Å². The number of amides is 1. The van der Waals surface area contributed by atoms with Gasteiger partial charge in [-0.25, -0.2) is 13.8 Å². The van der Waals surface area contributed by atoms with E-state index < -0.39 is 25.0 Å². The van der Waals surface area contributed by atoms with Crippen LogP contribution < -0.4 is 0 Å². The number of alkyl halides is 2. The lowest BCUT2D eigenvalue weighted by atomic mass is 10.1. The summed E-state index contributed by atoms with van der Waals surface area (Å²) in [6, 6.07) is 6.57. The first-order valence-corrected chi connectivity index (χ1v) is 7.19. The molecular weight excluding hydrogens is 306 g/mol. The molecule has 2 heterocycles. The second-order valence-corrected chi connectivity index (χ2v) is 5.46. The topological polar surface area (TPSA) is 71.1 Å². The van der Waals surface area contributed by atoms with E-state index in [1.54, 1.807) is 31.2 Å². The van der Waals surface area contributed by atoms with Gasteiger partial charge in [0.15, 0.2) is 5.82 Å². The van der Waals surface area contributed by atoms with Crippen molar-refractivity contribution in [1.82, 2.24) is 20.1 Å². The molecule has 1 aliphatic rings. The van der Waals surface area contributed by atoms with Gasteiger partial charge in [0.1, 0.15) is 12.4 Å². The van der Waals surface area contributed by atoms with Gasteiger partial charge >= 0.3 is 0 Å². The number of benzene rings is 1. The number of nitrogens with zero attached hydrogens (tertiary/aromatic N) is 3. The van der Waals surface area contributed by atoms with Gasteiger partial charge in [0.05, 0.1) is 13.2 Å². The fraction of sp³-hybridized carbons (Fsp3) is 0.400. The summed E-state index contributed by atoms with van der Waals surface area (Å²) < 4.78 is 31.9. The number of H-pyrrole nitrogens is 1. The maximum absolute atomic E-state index is 13.5. The van der Waals surface area contributed by atoms with E-state index in [0.29, 0.717) is 17.2 Å². The second-order valence-electron chi connectivity index (χ2n) is 5.46. The van der Waals surface area contributed by atoms with Crippen molar-refractivity contribution in [2.75, 3.05) is 26.3 Å². The Morgan fingerprint density at radius 3 is 2.74 bits per heavy atom. The highest BCUT2D eigenvalue weighted by molar-refractivity contribution is 5.94. The fourth-order valence-electron chi connectivity index (χ4n) is 2.39. The number of aromatic nitrogens is 3. The third kappa shape index (κ3) is 3.53. The standard InChI is InChI=1S/C15H16F2N4O2/c1-10-18-13(20-19-10)11-2-4-12(5-3-11)14(22)21-6-7-23-9-15(16,17)8-21/h2-5H,6-9H2,1H3,(H,18,19,20). The summed E-state index contributed by atoms with van der Waals surface area (Å²) in [5.41, 5.74) is 1.09. The lowest BCUT2D eigenvalue weighted by molar-refractivity contribution is -0.0660. The van der Waals surface area contributed by atoms with E-state index in [4.69, 9.17) is 4.74 Å². The van der Waals surface area contributed by atoms with Crippen molar-refractivity contribution >= 4 is 5.91 Å². The Balaban J connectivity index is 1.77. The Hall–Kier alpha value is -2.35. The Kier molecular flexibility index (Phi) is 4.08. The molecule has 0 radical (unpaired) electrons. The predicted octanol–water partition coefficient (Wildman–Crippen LogP) is 1.89. The van der Waals surface area contributed by atoms with Crippen LogP contribution in [0.25, 0.3) is 11.4 Å². The molecule has 8 heteroatoms. The zero-order valence-corrected chi connectivity index (χ0v) is 12.6. The smallest absolute Gasteiger partial charge is 0.288 e. The monoisotopic (exact) mass is 322 g/mol. The second kappa shape index (κ2) is 6.04. The third-order valence-electron chi connectivity index (χ3n) is 3.52. The average molecular weight is 322 g/mol. The number of rotatable bonds is 2. The number of ether oxygens (including phenoxy) is 1. The van der Waals surface area contributed by atoms with Crippen LogP contribution >= 0.6 is 0 Å². The summed E-state index contributed by atoms with van der Waals surface area (Å²) in [6.45, 7) is 0.760. The largest absolute Gasteiger partial charge is 0.373 e. The van der Waals surface area contributed by atoms with Gasteiger partial charge in [-0.15, -0.1) is 0 Å². The number of carbonyl (C=O) groups is 1. The number of hydrogen-bond acceptors (Lipinski definition) is 4. The molecule has 0 spiro atoms. The highest BCUT2D eigenvalue weighted by Gasteiger charge is 2.36. The van der Waals surface area contributed by atoms with Crippen molar-refractivity contribution in [3.05, 3.63) is 35.7 Å². The number of nitrogens with one attached hydrogen (secondary N) is 1. The molecule has 1 saturated heterocycles. The first-order chi connectivity index (χ1) is 10.9. The van der Waals surface area contributed by atoms with Crippen LogP contribution in [-0.2, 0) is 4.74 Å². The highest BCUT2D eigenvalue weighted by atomic mass is 19.3. The van der Waals surface area contributed by atoms with E-state index in [0.717, 1.165) is 10.5 Å². The van der Waals surface area contributed by atoms with Crippen LogP contribution in [0.3, 0.4) is 0 Å². The Morgan fingerprint density at radius 2 is 2.09 bits per heavy atom. The SMILES string of the molecule is Cc1nc(-c2ccc(C(=O)N3CCOCC(F)(F)C3)cc2)n[nH]1. The number of aromatic amines is 1. The molecular formula is C15H16F2N4O2. The van der Waals surface area contributed by atoms with E-state index in [1.807, 2.05) is 0 Å². The number of hydrogen-bond donors (Lipinski definition) is 1. The van der Waals surface area contributed by atoms with Crippen molar-refractivity contribution in [3.8, 4) is 11.4 Å². The minimum absolute atomic E-state index is 0.107. The van der Waals surface area contributed by atoms with Gasteiger partial charge in [0.25, 0.3) is 11.8 Å². The Labute approximate surface area is 131 Å². The van der Waals surface area contributed by atoms with Crippen LogP contribution in [-0.4, -0.2) is 58.2 Å². The summed E-state index contributed by atoms with van der Waals surface area (Å²) in [7, 11) is 0. The van der Waals surface area contributed by atoms with Gasteiger partial charge in [-0.1, -0.05) is 12.1 Å². The molecule has 1 aromatic carbocycles. The maximum atomic E-state index is 13.5. The lowest BCUT2D eigenvalue weighted by Gasteiger charge is -2.23. The minimum Gasteiger partial charge on any atom is -0.373 e. The van der Waals surface area contributed by atoms with Crippen molar-refractivity contribution in [3.63, 3.8) is 0 Å². The number of aryl methyl sites for hydroxylation is 1. The number of carbonyl (C=O) groups excluding carboxylic acids is 1. The summed E-state index contributed by atoms with van der Waals surface area (Å²) in [6.07, 6.45) is 0.